The van der Waals surface area contributed by atoms with Gasteiger partial charge < -0.3 is 13.8 Å². The number of carbonyl (C=O) groups excluding carboxylic acids is 1. The van der Waals surface area contributed by atoms with Crippen LogP contribution < -0.4 is 8.92 Å². The number of piperidine rings is 1. The number of rotatable bonds is 6. The third-order valence-electron chi connectivity index (χ3n) is 4.27. The minimum absolute atomic E-state index is 0.0561. The second-order valence-corrected chi connectivity index (χ2v) is 7.24. The first-order chi connectivity index (χ1) is 12.9. The topological polar surface area (TPSA) is 72.9 Å². The standard InChI is InChI=1S/C19H20FNO5S/c20-27(23,24)26-18-10-8-17(9-11-18)25-14-15-4-6-16(7-5-15)19(22)21-12-2-1-3-13-21/h4-11H,1-3,12-14H2. The average molecular weight is 393 g/mol. The van der Waals surface area contributed by atoms with Crippen LogP contribution in [0.5, 0.6) is 11.5 Å². The lowest BCUT2D eigenvalue weighted by Gasteiger charge is -2.26. The monoisotopic (exact) mass is 393 g/mol. The van der Waals surface area contributed by atoms with Crippen LogP contribution in [0, 0.1) is 0 Å². The van der Waals surface area contributed by atoms with Gasteiger partial charge in [-0.2, -0.15) is 8.42 Å². The van der Waals surface area contributed by atoms with E-state index in [2.05, 4.69) is 4.18 Å². The fourth-order valence-corrected chi connectivity index (χ4v) is 3.24. The molecular formula is C19H20FNO5S. The molecule has 2 aromatic rings. The van der Waals surface area contributed by atoms with Crippen molar-refractivity contribution in [3.8, 4) is 11.5 Å². The molecule has 1 fully saturated rings. The number of benzene rings is 2. The first kappa shape index (κ1) is 19.2. The van der Waals surface area contributed by atoms with Gasteiger partial charge in [0.1, 0.15) is 18.1 Å². The van der Waals surface area contributed by atoms with Crippen molar-refractivity contribution < 1.29 is 26.0 Å². The summed E-state index contributed by atoms with van der Waals surface area (Å²) >= 11 is 0. The second-order valence-electron chi connectivity index (χ2n) is 6.29. The Labute approximate surface area is 157 Å². The second kappa shape index (κ2) is 8.39. The number of ether oxygens (including phenoxy) is 1. The molecule has 1 saturated heterocycles. The van der Waals surface area contributed by atoms with Crippen LogP contribution in [-0.2, 0) is 17.1 Å². The number of halogens is 1. The van der Waals surface area contributed by atoms with Crippen LogP contribution in [0.25, 0.3) is 0 Å². The highest BCUT2D eigenvalue weighted by molar-refractivity contribution is 7.81. The van der Waals surface area contributed by atoms with Crippen molar-refractivity contribution in [3.05, 3.63) is 59.7 Å². The molecule has 1 heterocycles. The predicted octanol–water partition coefficient (Wildman–Crippen LogP) is 3.48. The van der Waals surface area contributed by atoms with Gasteiger partial charge in [0, 0.05) is 18.7 Å². The lowest BCUT2D eigenvalue weighted by atomic mass is 10.1. The molecule has 1 aliphatic heterocycles. The summed E-state index contributed by atoms with van der Waals surface area (Å²) in [4.78, 5) is 14.3. The first-order valence-electron chi connectivity index (χ1n) is 8.66. The van der Waals surface area contributed by atoms with Crippen LogP contribution in [0.4, 0.5) is 3.89 Å². The predicted molar refractivity (Wildman–Crippen MR) is 97.6 cm³/mol. The molecule has 3 rings (SSSR count). The fourth-order valence-electron chi connectivity index (χ4n) is 2.90. The van der Waals surface area contributed by atoms with E-state index >= 15 is 0 Å². The lowest BCUT2D eigenvalue weighted by Crippen LogP contribution is -2.35. The number of amides is 1. The minimum Gasteiger partial charge on any atom is -0.489 e. The molecule has 0 aliphatic carbocycles. The maximum atomic E-state index is 12.4. The minimum atomic E-state index is -5.04. The van der Waals surface area contributed by atoms with Crippen molar-refractivity contribution in [2.45, 2.75) is 25.9 Å². The lowest BCUT2D eigenvalue weighted by molar-refractivity contribution is 0.0724. The van der Waals surface area contributed by atoms with Crippen LogP contribution in [0.2, 0.25) is 0 Å². The van der Waals surface area contributed by atoms with Gasteiger partial charge in [0.2, 0.25) is 0 Å². The van der Waals surface area contributed by atoms with Gasteiger partial charge in [0.05, 0.1) is 0 Å². The normalized spacial score (nSPS) is 14.6. The fraction of sp³-hybridized carbons (Fsp3) is 0.316. The number of nitrogens with zero attached hydrogens (tertiary/aromatic N) is 1. The summed E-state index contributed by atoms with van der Waals surface area (Å²) in [6, 6.07) is 12.8. The SMILES string of the molecule is O=C(c1ccc(COc2ccc(OS(=O)(=O)F)cc2)cc1)N1CCCCC1. The smallest absolute Gasteiger partial charge is 0.488 e. The highest BCUT2D eigenvalue weighted by atomic mass is 32.3. The number of likely N-dealkylation sites (tertiary alicyclic amines) is 1. The quantitative estimate of drug-likeness (QED) is 0.703. The maximum Gasteiger partial charge on any atom is 0.488 e. The van der Waals surface area contributed by atoms with Crippen LogP contribution in [0.3, 0.4) is 0 Å². The Hall–Kier alpha value is -2.61. The van der Waals surface area contributed by atoms with E-state index in [-0.39, 0.29) is 18.3 Å². The van der Waals surface area contributed by atoms with Crippen molar-refractivity contribution in [3.63, 3.8) is 0 Å². The Morgan fingerprint density at radius 1 is 0.926 bits per heavy atom. The molecule has 0 saturated carbocycles. The zero-order valence-corrected chi connectivity index (χ0v) is 15.5. The maximum absolute atomic E-state index is 12.4. The Morgan fingerprint density at radius 2 is 1.52 bits per heavy atom. The van der Waals surface area contributed by atoms with Crippen molar-refractivity contribution in [2.75, 3.05) is 13.1 Å². The summed E-state index contributed by atoms with van der Waals surface area (Å²) in [5, 5.41) is 0. The van der Waals surface area contributed by atoms with E-state index < -0.39 is 10.5 Å². The van der Waals surface area contributed by atoms with E-state index in [9.17, 15) is 17.1 Å². The first-order valence-corrected chi connectivity index (χ1v) is 9.97. The van der Waals surface area contributed by atoms with E-state index in [1.165, 1.54) is 30.7 Å². The summed E-state index contributed by atoms with van der Waals surface area (Å²) in [7, 11) is -5.04. The van der Waals surface area contributed by atoms with Gasteiger partial charge in [-0.05, 0) is 61.2 Å². The zero-order valence-electron chi connectivity index (χ0n) is 14.6. The molecule has 1 amide bonds. The van der Waals surface area contributed by atoms with Crippen molar-refractivity contribution in [1.82, 2.24) is 4.90 Å². The van der Waals surface area contributed by atoms with Gasteiger partial charge in [-0.1, -0.05) is 16.0 Å². The van der Waals surface area contributed by atoms with Gasteiger partial charge in [-0.15, -0.1) is 0 Å². The van der Waals surface area contributed by atoms with Crippen molar-refractivity contribution in [2.24, 2.45) is 0 Å². The third-order valence-corrected chi connectivity index (χ3v) is 4.66. The Bertz CT molecular complexity index is 875. The Balaban J connectivity index is 1.54. The average Bonchev–Trinajstić information content (AvgIpc) is 2.67. The van der Waals surface area contributed by atoms with Gasteiger partial charge in [-0.25, -0.2) is 0 Å². The summed E-state index contributed by atoms with van der Waals surface area (Å²) in [5.74, 6) is 0.401. The van der Waals surface area contributed by atoms with Gasteiger partial charge in [-0.3, -0.25) is 4.79 Å². The largest absolute Gasteiger partial charge is 0.489 e. The molecule has 0 N–H and O–H groups in total. The zero-order chi connectivity index (χ0) is 19.3. The van der Waals surface area contributed by atoms with Crippen molar-refractivity contribution in [1.29, 1.82) is 0 Å². The molecule has 6 nitrogen and oxygen atoms in total. The highest BCUT2D eigenvalue weighted by Crippen LogP contribution is 2.20. The van der Waals surface area contributed by atoms with E-state index in [1.807, 2.05) is 17.0 Å². The van der Waals surface area contributed by atoms with E-state index in [0.717, 1.165) is 31.5 Å². The van der Waals surface area contributed by atoms with E-state index in [4.69, 9.17) is 4.74 Å². The van der Waals surface area contributed by atoms with Crippen LogP contribution in [0.15, 0.2) is 48.5 Å². The Kier molecular flexibility index (Phi) is 5.95. The molecule has 0 radical (unpaired) electrons. The van der Waals surface area contributed by atoms with Gasteiger partial charge in [0.25, 0.3) is 5.91 Å². The molecule has 27 heavy (non-hydrogen) atoms. The summed E-state index contributed by atoms with van der Waals surface area (Å²) < 4.78 is 43.0. The molecule has 8 heteroatoms. The van der Waals surface area contributed by atoms with Gasteiger partial charge in [0.15, 0.2) is 0 Å². The summed E-state index contributed by atoms with van der Waals surface area (Å²) in [6.45, 7) is 1.90. The van der Waals surface area contributed by atoms with E-state index in [1.54, 1.807) is 12.1 Å². The number of hydrogen-bond acceptors (Lipinski definition) is 5. The molecule has 144 valence electrons. The van der Waals surface area contributed by atoms with E-state index in [0.29, 0.717) is 11.3 Å². The number of carbonyl (C=O) groups is 1. The Morgan fingerprint density at radius 3 is 2.11 bits per heavy atom. The molecule has 0 spiro atoms. The van der Waals surface area contributed by atoms with Crippen molar-refractivity contribution >= 4 is 16.4 Å². The molecule has 2 aromatic carbocycles. The molecule has 0 bridgehead atoms. The molecule has 0 unspecified atom stereocenters. The van der Waals surface area contributed by atoms with Gasteiger partial charge >= 0.3 is 10.5 Å². The molecule has 0 aromatic heterocycles. The molecule has 0 atom stereocenters. The summed E-state index contributed by atoms with van der Waals surface area (Å²) in [6.07, 6.45) is 3.29. The van der Waals surface area contributed by atoms with Crippen LogP contribution >= 0.6 is 0 Å². The third kappa shape index (κ3) is 5.68. The van der Waals surface area contributed by atoms with Crippen LogP contribution in [-0.4, -0.2) is 32.3 Å². The highest BCUT2D eigenvalue weighted by Gasteiger charge is 2.17. The van der Waals surface area contributed by atoms with Crippen LogP contribution in [0.1, 0.15) is 35.2 Å². The molecule has 1 aliphatic rings. The summed E-state index contributed by atoms with van der Waals surface area (Å²) in [5.41, 5.74) is 1.55. The molecular weight excluding hydrogens is 373 g/mol. The number of hydrogen-bond donors (Lipinski definition) is 0.